The average Bonchev–Trinajstić information content (AvgIpc) is 3.39. The lowest BCUT2D eigenvalue weighted by Crippen LogP contribution is -1.96. The van der Waals surface area contributed by atoms with E-state index in [9.17, 15) is 0 Å². The highest BCUT2D eigenvalue weighted by Crippen LogP contribution is 2.28. The zero-order valence-electron chi connectivity index (χ0n) is 14.4. The number of thiazole rings is 1. The second kappa shape index (κ2) is 8.62. The van der Waals surface area contributed by atoms with Gasteiger partial charge in [0, 0.05) is 5.38 Å². The number of hydrogen-bond donors (Lipinski definition) is 1. The van der Waals surface area contributed by atoms with Crippen LogP contribution in [-0.2, 0) is 6.61 Å². The topological polar surface area (TPSA) is 46.5 Å². The van der Waals surface area contributed by atoms with Crippen molar-refractivity contribution >= 4 is 34.0 Å². The SMILES string of the molecule is C(=N/Nc1nc(-c2cccs2)cs1)/c1cccc(OCc2ccccc2)c1. The van der Waals surface area contributed by atoms with E-state index in [2.05, 4.69) is 21.6 Å². The number of aromatic nitrogens is 1. The minimum atomic E-state index is 0.546. The van der Waals surface area contributed by atoms with Gasteiger partial charge in [-0.3, -0.25) is 5.43 Å². The molecule has 0 bridgehead atoms. The second-order valence-electron chi connectivity index (χ2n) is 5.73. The molecule has 6 heteroatoms. The van der Waals surface area contributed by atoms with Crippen LogP contribution in [0.3, 0.4) is 0 Å². The van der Waals surface area contributed by atoms with Gasteiger partial charge in [0.1, 0.15) is 12.4 Å². The molecule has 2 aromatic heterocycles. The van der Waals surface area contributed by atoms with Crippen LogP contribution in [0.5, 0.6) is 5.75 Å². The van der Waals surface area contributed by atoms with E-state index in [1.54, 1.807) is 17.6 Å². The molecule has 4 rings (SSSR count). The van der Waals surface area contributed by atoms with E-state index in [1.165, 1.54) is 11.3 Å². The first kappa shape index (κ1) is 17.5. The van der Waals surface area contributed by atoms with Gasteiger partial charge >= 0.3 is 0 Å². The number of nitrogens with zero attached hydrogens (tertiary/aromatic N) is 2. The molecular weight excluding hydrogens is 374 g/mol. The van der Waals surface area contributed by atoms with Gasteiger partial charge < -0.3 is 4.74 Å². The van der Waals surface area contributed by atoms with Crippen LogP contribution in [0.1, 0.15) is 11.1 Å². The molecule has 0 unspecified atom stereocenters. The van der Waals surface area contributed by atoms with Crippen LogP contribution in [0.15, 0.2) is 82.6 Å². The summed E-state index contributed by atoms with van der Waals surface area (Å²) in [5.74, 6) is 0.817. The van der Waals surface area contributed by atoms with Gasteiger partial charge in [0.25, 0.3) is 0 Å². The van der Waals surface area contributed by atoms with Crippen molar-refractivity contribution in [1.82, 2.24) is 4.98 Å². The normalized spacial score (nSPS) is 11.0. The number of ether oxygens (including phenoxy) is 1. The van der Waals surface area contributed by atoms with Crippen molar-refractivity contribution in [3.8, 4) is 16.3 Å². The fourth-order valence-corrected chi connectivity index (χ4v) is 3.87. The molecule has 0 aliphatic heterocycles. The Labute approximate surface area is 165 Å². The highest BCUT2D eigenvalue weighted by atomic mass is 32.1. The summed E-state index contributed by atoms with van der Waals surface area (Å²) < 4.78 is 5.85. The molecule has 0 spiro atoms. The van der Waals surface area contributed by atoms with E-state index in [-0.39, 0.29) is 0 Å². The summed E-state index contributed by atoms with van der Waals surface area (Å²) in [7, 11) is 0. The fraction of sp³-hybridized carbons (Fsp3) is 0.0476. The van der Waals surface area contributed by atoms with Crippen molar-refractivity contribution in [3.05, 3.63) is 88.6 Å². The summed E-state index contributed by atoms with van der Waals surface area (Å²) in [5.41, 5.74) is 6.07. The smallest absolute Gasteiger partial charge is 0.203 e. The fourth-order valence-electron chi connectivity index (χ4n) is 2.45. The van der Waals surface area contributed by atoms with Gasteiger partial charge in [-0.25, -0.2) is 4.98 Å². The third kappa shape index (κ3) is 4.81. The Balaban J connectivity index is 1.35. The Morgan fingerprint density at radius 1 is 1.00 bits per heavy atom. The molecule has 1 N–H and O–H groups in total. The van der Waals surface area contributed by atoms with Crippen molar-refractivity contribution in [2.75, 3.05) is 5.43 Å². The van der Waals surface area contributed by atoms with E-state index in [4.69, 9.17) is 4.74 Å². The highest BCUT2D eigenvalue weighted by Gasteiger charge is 2.04. The molecule has 0 aliphatic carbocycles. The monoisotopic (exact) mass is 391 g/mol. The average molecular weight is 392 g/mol. The first-order chi connectivity index (χ1) is 13.4. The predicted octanol–water partition coefficient (Wildman–Crippen LogP) is 5.90. The maximum absolute atomic E-state index is 5.85. The van der Waals surface area contributed by atoms with Crippen molar-refractivity contribution in [3.63, 3.8) is 0 Å². The number of hydrazone groups is 1. The number of hydrogen-bond acceptors (Lipinski definition) is 6. The number of rotatable bonds is 7. The summed E-state index contributed by atoms with van der Waals surface area (Å²) in [5, 5.41) is 9.13. The lowest BCUT2D eigenvalue weighted by atomic mass is 10.2. The molecule has 4 nitrogen and oxygen atoms in total. The molecule has 2 aromatic carbocycles. The lowest BCUT2D eigenvalue weighted by molar-refractivity contribution is 0.306. The summed E-state index contributed by atoms with van der Waals surface area (Å²) in [6.07, 6.45) is 1.77. The van der Waals surface area contributed by atoms with E-state index >= 15 is 0 Å². The Hall–Kier alpha value is -2.96. The Morgan fingerprint density at radius 3 is 2.78 bits per heavy atom. The van der Waals surface area contributed by atoms with E-state index in [0.717, 1.165) is 32.6 Å². The first-order valence-electron chi connectivity index (χ1n) is 8.42. The third-order valence-electron chi connectivity index (χ3n) is 3.76. The van der Waals surface area contributed by atoms with Gasteiger partial charge in [0.15, 0.2) is 0 Å². The molecule has 0 atom stereocenters. The molecule has 134 valence electrons. The Bertz CT molecular complexity index is 1010. The van der Waals surface area contributed by atoms with Gasteiger partial charge in [-0.05, 0) is 34.7 Å². The quantitative estimate of drug-likeness (QED) is 0.315. The molecule has 4 aromatic rings. The van der Waals surface area contributed by atoms with Crippen LogP contribution < -0.4 is 10.2 Å². The molecule has 0 radical (unpaired) electrons. The largest absolute Gasteiger partial charge is 0.489 e. The molecule has 2 heterocycles. The number of thiophene rings is 1. The minimum Gasteiger partial charge on any atom is -0.489 e. The van der Waals surface area contributed by atoms with Crippen molar-refractivity contribution in [2.24, 2.45) is 5.10 Å². The van der Waals surface area contributed by atoms with E-state index in [1.807, 2.05) is 71.4 Å². The van der Waals surface area contributed by atoms with E-state index < -0.39 is 0 Å². The summed E-state index contributed by atoms with van der Waals surface area (Å²) in [6.45, 7) is 0.546. The Morgan fingerprint density at radius 2 is 1.93 bits per heavy atom. The summed E-state index contributed by atoms with van der Waals surface area (Å²) in [4.78, 5) is 5.70. The molecule has 0 aliphatic rings. The third-order valence-corrected chi connectivity index (χ3v) is 5.40. The molecule has 0 fully saturated rings. The van der Waals surface area contributed by atoms with Gasteiger partial charge in [-0.15, -0.1) is 22.7 Å². The van der Waals surface area contributed by atoms with Crippen LogP contribution in [0.4, 0.5) is 5.13 Å². The number of anilines is 1. The molecule has 0 saturated heterocycles. The van der Waals surface area contributed by atoms with Crippen molar-refractivity contribution < 1.29 is 4.74 Å². The van der Waals surface area contributed by atoms with Gasteiger partial charge in [-0.2, -0.15) is 5.10 Å². The zero-order valence-corrected chi connectivity index (χ0v) is 16.0. The highest BCUT2D eigenvalue weighted by molar-refractivity contribution is 7.15. The maximum Gasteiger partial charge on any atom is 0.203 e. The maximum atomic E-state index is 5.85. The molecular formula is C21H17N3OS2. The summed E-state index contributed by atoms with van der Waals surface area (Å²) in [6, 6.07) is 22.1. The minimum absolute atomic E-state index is 0.546. The van der Waals surface area contributed by atoms with Gasteiger partial charge in [-0.1, -0.05) is 48.5 Å². The number of benzene rings is 2. The van der Waals surface area contributed by atoms with Gasteiger partial charge in [0.2, 0.25) is 5.13 Å². The van der Waals surface area contributed by atoms with Crippen LogP contribution >= 0.6 is 22.7 Å². The van der Waals surface area contributed by atoms with Crippen molar-refractivity contribution in [2.45, 2.75) is 6.61 Å². The van der Waals surface area contributed by atoms with Crippen LogP contribution in [0.25, 0.3) is 10.6 Å². The predicted molar refractivity (Wildman–Crippen MR) is 114 cm³/mol. The van der Waals surface area contributed by atoms with Crippen LogP contribution in [0, 0.1) is 0 Å². The second-order valence-corrected chi connectivity index (χ2v) is 7.54. The molecule has 0 saturated carbocycles. The van der Waals surface area contributed by atoms with E-state index in [0.29, 0.717) is 6.61 Å². The Kier molecular flexibility index (Phi) is 5.57. The van der Waals surface area contributed by atoms with Crippen LogP contribution in [0.2, 0.25) is 0 Å². The lowest BCUT2D eigenvalue weighted by Gasteiger charge is -2.06. The number of nitrogens with one attached hydrogen (secondary N) is 1. The molecule has 27 heavy (non-hydrogen) atoms. The van der Waals surface area contributed by atoms with Crippen molar-refractivity contribution in [1.29, 1.82) is 0 Å². The standard InChI is InChI=1S/C21H17N3OS2/c1-2-6-16(7-3-1)14-25-18-9-4-8-17(12-18)13-22-24-21-23-19(15-27-21)20-10-5-11-26-20/h1-13,15H,14H2,(H,23,24)/b22-13-. The first-order valence-corrected chi connectivity index (χ1v) is 10.2. The van der Waals surface area contributed by atoms with Gasteiger partial charge in [0.05, 0.1) is 16.8 Å². The summed E-state index contributed by atoms with van der Waals surface area (Å²) >= 11 is 3.22. The van der Waals surface area contributed by atoms with Crippen LogP contribution in [-0.4, -0.2) is 11.2 Å². The molecule has 0 amide bonds. The zero-order chi connectivity index (χ0) is 18.3.